The number of aromatic nitrogens is 4. The Labute approximate surface area is 195 Å². The van der Waals surface area contributed by atoms with Gasteiger partial charge in [-0.05, 0) is 42.2 Å². The number of ether oxygens (including phenoxy) is 1. The Morgan fingerprint density at radius 2 is 1.59 bits per heavy atom. The minimum absolute atomic E-state index is 0.0743. The molecule has 0 fully saturated rings. The Bertz CT molecular complexity index is 1360. The Morgan fingerprint density at radius 3 is 2.18 bits per heavy atom. The number of amides is 1. The number of aryl methyl sites for hydroxylation is 2. The first-order chi connectivity index (χ1) is 16.4. The van der Waals surface area contributed by atoms with Crippen LogP contribution in [0.1, 0.15) is 38.8 Å². The van der Waals surface area contributed by atoms with Crippen molar-refractivity contribution >= 4 is 17.9 Å². The average Bonchev–Trinajstić information content (AvgIpc) is 3.36. The van der Waals surface area contributed by atoms with Crippen molar-refractivity contribution in [2.24, 2.45) is 0 Å². The van der Waals surface area contributed by atoms with Crippen molar-refractivity contribution in [3.8, 4) is 17.1 Å². The molecule has 2 heterocycles. The first kappa shape index (κ1) is 21.3. The fraction of sp³-hybridized carbons (Fsp3) is 0.160. The van der Waals surface area contributed by atoms with Crippen LogP contribution in [0.3, 0.4) is 0 Å². The van der Waals surface area contributed by atoms with E-state index in [4.69, 9.17) is 4.74 Å². The van der Waals surface area contributed by atoms with Crippen molar-refractivity contribution in [1.82, 2.24) is 19.7 Å². The van der Waals surface area contributed by atoms with Gasteiger partial charge in [-0.3, -0.25) is 5.32 Å². The number of aromatic carboxylic acids is 1. The van der Waals surface area contributed by atoms with Crippen LogP contribution in [0.15, 0.2) is 60.8 Å². The van der Waals surface area contributed by atoms with E-state index in [2.05, 4.69) is 32.5 Å². The maximum Gasteiger partial charge on any atom is 0.412 e. The van der Waals surface area contributed by atoms with E-state index in [0.717, 1.165) is 28.5 Å². The third-order valence-electron chi connectivity index (χ3n) is 5.72. The molecule has 9 nitrogen and oxygen atoms in total. The third kappa shape index (κ3) is 3.77. The molecule has 5 rings (SSSR count). The maximum atomic E-state index is 12.8. The number of hydrogen-bond acceptors (Lipinski definition) is 6. The van der Waals surface area contributed by atoms with E-state index >= 15 is 0 Å². The first-order valence-electron chi connectivity index (χ1n) is 10.7. The molecule has 0 saturated carbocycles. The summed E-state index contributed by atoms with van der Waals surface area (Å²) >= 11 is 0. The van der Waals surface area contributed by atoms with Crippen molar-refractivity contribution < 1.29 is 19.4 Å². The van der Waals surface area contributed by atoms with Crippen LogP contribution in [0.2, 0.25) is 0 Å². The Hall–Kier alpha value is -4.53. The Balaban J connectivity index is 1.40. The van der Waals surface area contributed by atoms with Gasteiger partial charge in [-0.1, -0.05) is 48.5 Å². The highest BCUT2D eigenvalue weighted by Crippen LogP contribution is 2.44. The number of carbonyl (C=O) groups excluding carboxylic acids is 1. The molecule has 2 aromatic heterocycles. The molecule has 4 aromatic rings. The van der Waals surface area contributed by atoms with Gasteiger partial charge in [0, 0.05) is 17.3 Å². The Kier molecular flexibility index (Phi) is 5.29. The van der Waals surface area contributed by atoms with Crippen LogP contribution in [0, 0.1) is 13.8 Å². The van der Waals surface area contributed by atoms with Gasteiger partial charge in [-0.25, -0.2) is 19.6 Å². The SMILES string of the molecule is Cc1cc(C)nc(-n2ncc(C(=O)O)c2NC(=O)OCC2c3ccccc3-c3ccccc32)n1. The van der Waals surface area contributed by atoms with Crippen molar-refractivity contribution in [1.29, 1.82) is 0 Å². The van der Waals surface area contributed by atoms with Crippen LogP contribution >= 0.6 is 0 Å². The molecule has 2 N–H and O–H groups in total. The van der Waals surface area contributed by atoms with E-state index in [1.165, 1.54) is 4.68 Å². The summed E-state index contributed by atoms with van der Waals surface area (Å²) in [7, 11) is 0. The highest BCUT2D eigenvalue weighted by molar-refractivity contribution is 5.97. The topological polar surface area (TPSA) is 119 Å². The van der Waals surface area contributed by atoms with Gasteiger partial charge in [0.05, 0.1) is 6.20 Å². The molecule has 0 radical (unpaired) electrons. The van der Waals surface area contributed by atoms with Crippen molar-refractivity contribution in [2.45, 2.75) is 19.8 Å². The van der Waals surface area contributed by atoms with Gasteiger partial charge in [0.2, 0.25) is 0 Å². The molecule has 9 heteroatoms. The number of carbonyl (C=O) groups is 2. The smallest absolute Gasteiger partial charge is 0.412 e. The van der Waals surface area contributed by atoms with E-state index in [9.17, 15) is 14.7 Å². The lowest BCUT2D eigenvalue weighted by atomic mass is 9.98. The summed E-state index contributed by atoms with van der Waals surface area (Å²) in [5, 5.41) is 16.2. The van der Waals surface area contributed by atoms with Crippen LogP contribution in [0.4, 0.5) is 10.6 Å². The van der Waals surface area contributed by atoms with Gasteiger partial charge >= 0.3 is 12.1 Å². The van der Waals surface area contributed by atoms with Crippen LogP contribution in [0.5, 0.6) is 0 Å². The molecule has 0 atom stereocenters. The molecule has 1 amide bonds. The minimum atomic E-state index is -1.25. The lowest BCUT2D eigenvalue weighted by Gasteiger charge is -2.15. The van der Waals surface area contributed by atoms with Crippen molar-refractivity contribution in [3.05, 3.63) is 88.9 Å². The molecule has 1 aliphatic carbocycles. The normalized spacial score (nSPS) is 12.2. The number of carboxylic acids is 1. The van der Waals surface area contributed by atoms with Crippen LogP contribution in [-0.2, 0) is 4.74 Å². The van der Waals surface area contributed by atoms with E-state index in [0.29, 0.717) is 11.4 Å². The molecular weight excluding hydrogens is 434 g/mol. The maximum absolute atomic E-state index is 12.8. The van der Waals surface area contributed by atoms with E-state index < -0.39 is 12.1 Å². The van der Waals surface area contributed by atoms with Gasteiger partial charge in [-0.2, -0.15) is 9.78 Å². The fourth-order valence-corrected chi connectivity index (χ4v) is 4.31. The standard InChI is InChI=1S/C25H21N5O4/c1-14-11-15(2)28-24(27-14)30-22(20(12-26-30)23(31)32)29-25(33)34-13-21-18-9-5-3-7-16(18)17-8-4-6-10-19(17)21/h3-12,21H,13H2,1-2H3,(H,29,33)(H,31,32). The lowest BCUT2D eigenvalue weighted by molar-refractivity contribution is 0.0698. The zero-order chi connectivity index (χ0) is 23.8. The number of fused-ring (bicyclic) bond motifs is 3. The van der Waals surface area contributed by atoms with Gasteiger partial charge in [-0.15, -0.1) is 0 Å². The molecule has 0 aliphatic heterocycles. The quantitative estimate of drug-likeness (QED) is 0.459. The highest BCUT2D eigenvalue weighted by Gasteiger charge is 2.29. The third-order valence-corrected chi connectivity index (χ3v) is 5.72. The number of nitrogens with zero attached hydrogens (tertiary/aromatic N) is 4. The number of carboxylic acid groups (broad SMARTS) is 1. The molecule has 0 bridgehead atoms. The van der Waals surface area contributed by atoms with Gasteiger partial charge in [0.15, 0.2) is 5.82 Å². The van der Waals surface area contributed by atoms with E-state index in [1.54, 1.807) is 19.9 Å². The number of rotatable bonds is 5. The van der Waals surface area contributed by atoms with Gasteiger partial charge in [0.1, 0.15) is 12.2 Å². The van der Waals surface area contributed by atoms with E-state index in [-0.39, 0.29) is 29.9 Å². The number of anilines is 1. The van der Waals surface area contributed by atoms with Crippen LogP contribution in [-0.4, -0.2) is 43.5 Å². The summed E-state index contributed by atoms with van der Waals surface area (Å²) in [5.41, 5.74) is 5.56. The minimum Gasteiger partial charge on any atom is -0.477 e. The van der Waals surface area contributed by atoms with Gasteiger partial charge in [0.25, 0.3) is 5.95 Å². The predicted octanol–water partition coefficient (Wildman–Crippen LogP) is 4.34. The summed E-state index contributed by atoms with van der Waals surface area (Å²) in [6, 6.07) is 17.8. The largest absolute Gasteiger partial charge is 0.477 e. The van der Waals surface area contributed by atoms with Gasteiger partial charge < -0.3 is 9.84 Å². The predicted molar refractivity (Wildman–Crippen MR) is 124 cm³/mol. The van der Waals surface area contributed by atoms with Crippen LogP contribution in [0.25, 0.3) is 17.1 Å². The second kappa shape index (κ2) is 8.43. The molecule has 0 unspecified atom stereocenters. The zero-order valence-electron chi connectivity index (χ0n) is 18.5. The summed E-state index contributed by atoms with van der Waals surface area (Å²) in [4.78, 5) is 33.1. The molecule has 1 aliphatic rings. The Morgan fingerprint density at radius 1 is 1.00 bits per heavy atom. The monoisotopic (exact) mass is 455 g/mol. The number of hydrogen-bond donors (Lipinski definition) is 2. The summed E-state index contributed by atoms with van der Waals surface area (Å²) in [5.74, 6) is -1.29. The molecular formula is C25H21N5O4. The number of nitrogens with one attached hydrogen (secondary N) is 1. The van der Waals surface area contributed by atoms with E-state index in [1.807, 2.05) is 36.4 Å². The molecule has 34 heavy (non-hydrogen) atoms. The van der Waals surface area contributed by atoms with Crippen LogP contribution < -0.4 is 5.32 Å². The summed E-state index contributed by atoms with van der Waals surface area (Å²) < 4.78 is 6.75. The average molecular weight is 455 g/mol. The number of benzene rings is 2. The highest BCUT2D eigenvalue weighted by atomic mass is 16.5. The summed E-state index contributed by atoms with van der Waals surface area (Å²) in [6.07, 6.45) is 0.345. The molecule has 170 valence electrons. The second-order valence-corrected chi connectivity index (χ2v) is 8.03. The molecule has 0 spiro atoms. The second-order valence-electron chi connectivity index (χ2n) is 8.03. The van der Waals surface area contributed by atoms with Crippen molar-refractivity contribution in [2.75, 3.05) is 11.9 Å². The first-order valence-corrected chi connectivity index (χ1v) is 10.7. The molecule has 0 saturated heterocycles. The van der Waals surface area contributed by atoms with Crippen molar-refractivity contribution in [3.63, 3.8) is 0 Å². The zero-order valence-corrected chi connectivity index (χ0v) is 18.5. The fourth-order valence-electron chi connectivity index (χ4n) is 4.31. The molecule has 2 aromatic carbocycles. The summed E-state index contributed by atoms with van der Waals surface area (Å²) in [6.45, 7) is 3.67. The lowest BCUT2D eigenvalue weighted by Crippen LogP contribution is -2.21.